The van der Waals surface area contributed by atoms with E-state index in [1.54, 1.807) is 6.92 Å². The Morgan fingerprint density at radius 3 is 2.68 bits per heavy atom. The van der Waals surface area contributed by atoms with Crippen LogP contribution in [0.15, 0.2) is 11.0 Å². The van der Waals surface area contributed by atoms with Crippen molar-refractivity contribution >= 4 is 0 Å². The first kappa shape index (κ1) is 15.3. The van der Waals surface area contributed by atoms with Crippen LogP contribution in [-0.2, 0) is 6.54 Å². The number of unbranched alkanes of at least 4 members (excludes halogenated alkanes) is 1. The second-order valence-corrected chi connectivity index (χ2v) is 5.00. The summed E-state index contributed by atoms with van der Waals surface area (Å²) in [5.74, 6) is 0.424. The van der Waals surface area contributed by atoms with Crippen LogP contribution in [0.5, 0.6) is 5.75 Å². The van der Waals surface area contributed by atoms with E-state index in [2.05, 4.69) is 13.8 Å². The lowest BCUT2D eigenvalue weighted by molar-refractivity contribution is 0.378. The topological polar surface area (TPSA) is 66.0 Å². The summed E-state index contributed by atoms with van der Waals surface area (Å²) in [5.41, 5.74) is 0.114. The third kappa shape index (κ3) is 3.60. The highest BCUT2D eigenvalue weighted by Gasteiger charge is 2.14. The van der Waals surface area contributed by atoms with Crippen LogP contribution in [0.4, 0.5) is 0 Å². The number of hydrogen-bond donors (Lipinski definition) is 1. The molecule has 1 aromatic heterocycles. The zero-order valence-corrected chi connectivity index (χ0v) is 11.9. The number of hydrogen-bond acceptors (Lipinski definition) is 3. The maximum absolute atomic E-state index is 12.1. The molecule has 19 heavy (non-hydrogen) atoms. The zero-order valence-electron chi connectivity index (χ0n) is 11.9. The van der Waals surface area contributed by atoms with Crippen LogP contribution in [0, 0.1) is 24.2 Å². The van der Waals surface area contributed by atoms with Crippen LogP contribution < -0.4 is 5.56 Å². The first-order chi connectivity index (χ1) is 9.04. The summed E-state index contributed by atoms with van der Waals surface area (Å²) >= 11 is 0. The number of aromatic nitrogens is 1. The molecule has 104 valence electrons. The van der Waals surface area contributed by atoms with E-state index < -0.39 is 0 Å². The van der Waals surface area contributed by atoms with Gasteiger partial charge in [-0.2, -0.15) is 5.26 Å². The van der Waals surface area contributed by atoms with Gasteiger partial charge in [-0.1, -0.05) is 33.1 Å². The second kappa shape index (κ2) is 6.98. The van der Waals surface area contributed by atoms with E-state index in [1.165, 1.54) is 10.8 Å². The van der Waals surface area contributed by atoms with Crippen molar-refractivity contribution in [3.05, 3.63) is 27.7 Å². The number of nitriles is 1. The summed E-state index contributed by atoms with van der Waals surface area (Å²) in [7, 11) is 0. The molecule has 0 amide bonds. The summed E-state index contributed by atoms with van der Waals surface area (Å²) in [5, 5.41) is 18.8. The largest absolute Gasteiger partial charge is 0.506 e. The Bertz CT molecular complexity index is 526. The van der Waals surface area contributed by atoms with E-state index >= 15 is 0 Å². The van der Waals surface area contributed by atoms with Crippen LogP contribution in [0.2, 0.25) is 0 Å². The lowest BCUT2D eigenvalue weighted by atomic mass is 9.99. The molecule has 0 radical (unpaired) electrons. The maximum Gasteiger partial charge on any atom is 0.268 e. The number of nitrogens with zero attached hydrogens (tertiary/aromatic N) is 2. The predicted octanol–water partition coefficient (Wildman–Crippen LogP) is 2.95. The third-order valence-electron chi connectivity index (χ3n) is 3.62. The molecule has 0 aliphatic carbocycles. The maximum atomic E-state index is 12.1. The molecule has 0 aromatic carbocycles. The van der Waals surface area contributed by atoms with Crippen molar-refractivity contribution in [3.63, 3.8) is 0 Å². The standard InChI is InChI=1S/C15H22N2O2/c1-4-6-7-12(5-2)9-17-10-14(18)11(3)13(8-16)15(17)19/h10,12,18H,4-7,9H2,1-3H3. The SMILES string of the molecule is CCCCC(CC)Cn1cc(O)c(C)c(C#N)c1=O. The Kier molecular flexibility index (Phi) is 5.62. The Labute approximate surface area is 114 Å². The van der Waals surface area contributed by atoms with Crippen molar-refractivity contribution in [2.45, 2.75) is 53.0 Å². The molecule has 0 saturated heterocycles. The fourth-order valence-electron chi connectivity index (χ4n) is 2.20. The van der Waals surface area contributed by atoms with Gasteiger partial charge in [-0.05, 0) is 19.3 Å². The fraction of sp³-hybridized carbons (Fsp3) is 0.600. The molecular formula is C15H22N2O2. The van der Waals surface area contributed by atoms with Gasteiger partial charge in [-0.25, -0.2) is 0 Å². The minimum atomic E-state index is -0.298. The molecule has 1 unspecified atom stereocenters. The lowest BCUT2D eigenvalue weighted by Crippen LogP contribution is -2.26. The number of aromatic hydroxyl groups is 1. The Morgan fingerprint density at radius 1 is 1.47 bits per heavy atom. The molecule has 0 saturated carbocycles. The van der Waals surface area contributed by atoms with Gasteiger partial charge in [0.25, 0.3) is 5.56 Å². The zero-order chi connectivity index (χ0) is 14.4. The number of rotatable bonds is 6. The summed E-state index contributed by atoms with van der Waals surface area (Å²) in [6, 6.07) is 1.89. The van der Waals surface area contributed by atoms with Gasteiger partial charge in [0.05, 0.1) is 0 Å². The van der Waals surface area contributed by atoms with Crippen LogP contribution in [0.3, 0.4) is 0 Å². The van der Waals surface area contributed by atoms with E-state index in [0.29, 0.717) is 18.0 Å². The monoisotopic (exact) mass is 262 g/mol. The van der Waals surface area contributed by atoms with Crippen molar-refractivity contribution in [2.75, 3.05) is 0 Å². The predicted molar refractivity (Wildman–Crippen MR) is 75.1 cm³/mol. The van der Waals surface area contributed by atoms with Gasteiger partial charge in [-0.3, -0.25) is 4.79 Å². The van der Waals surface area contributed by atoms with E-state index in [1.807, 2.05) is 6.07 Å². The second-order valence-electron chi connectivity index (χ2n) is 5.00. The van der Waals surface area contributed by atoms with Crippen molar-refractivity contribution in [1.82, 2.24) is 4.57 Å². The Balaban J connectivity index is 3.05. The van der Waals surface area contributed by atoms with Crippen LogP contribution >= 0.6 is 0 Å². The summed E-state index contributed by atoms with van der Waals surface area (Å²) < 4.78 is 1.48. The van der Waals surface area contributed by atoms with Gasteiger partial charge in [0, 0.05) is 18.3 Å². The third-order valence-corrected chi connectivity index (χ3v) is 3.62. The fourth-order valence-corrected chi connectivity index (χ4v) is 2.20. The highest BCUT2D eigenvalue weighted by Crippen LogP contribution is 2.19. The van der Waals surface area contributed by atoms with Crippen molar-refractivity contribution in [2.24, 2.45) is 5.92 Å². The van der Waals surface area contributed by atoms with Crippen molar-refractivity contribution < 1.29 is 5.11 Å². The first-order valence-electron chi connectivity index (χ1n) is 6.88. The molecule has 0 aliphatic heterocycles. The highest BCUT2D eigenvalue weighted by atomic mass is 16.3. The molecule has 4 nitrogen and oxygen atoms in total. The van der Waals surface area contributed by atoms with Crippen LogP contribution in [-0.4, -0.2) is 9.67 Å². The van der Waals surface area contributed by atoms with E-state index in [0.717, 1.165) is 25.7 Å². The molecule has 0 fully saturated rings. The quantitative estimate of drug-likeness (QED) is 0.857. The molecule has 0 bridgehead atoms. The van der Waals surface area contributed by atoms with Crippen molar-refractivity contribution in [1.29, 1.82) is 5.26 Å². The minimum absolute atomic E-state index is 0.0153. The molecule has 1 rings (SSSR count). The molecule has 1 heterocycles. The molecule has 1 atom stereocenters. The van der Waals surface area contributed by atoms with Gasteiger partial charge in [0.2, 0.25) is 0 Å². The normalized spacial score (nSPS) is 12.1. The van der Waals surface area contributed by atoms with Crippen molar-refractivity contribution in [3.8, 4) is 11.8 Å². The summed E-state index contributed by atoms with van der Waals surface area (Å²) in [4.78, 5) is 12.1. The smallest absolute Gasteiger partial charge is 0.268 e. The van der Waals surface area contributed by atoms with Crippen LogP contribution in [0.1, 0.15) is 50.7 Å². The van der Waals surface area contributed by atoms with E-state index in [9.17, 15) is 9.90 Å². The van der Waals surface area contributed by atoms with Gasteiger partial charge < -0.3 is 9.67 Å². The first-order valence-corrected chi connectivity index (χ1v) is 6.88. The van der Waals surface area contributed by atoms with Crippen LogP contribution in [0.25, 0.3) is 0 Å². The average Bonchev–Trinajstić information content (AvgIpc) is 2.41. The lowest BCUT2D eigenvalue weighted by Gasteiger charge is -2.17. The molecule has 1 N–H and O–H groups in total. The molecule has 1 aromatic rings. The van der Waals surface area contributed by atoms with Gasteiger partial charge >= 0.3 is 0 Å². The van der Waals surface area contributed by atoms with Gasteiger partial charge in [0.1, 0.15) is 17.4 Å². The van der Waals surface area contributed by atoms with E-state index in [4.69, 9.17) is 5.26 Å². The Morgan fingerprint density at radius 2 is 2.16 bits per heavy atom. The summed E-state index contributed by atoms with van der Waals surface area (Å²) in [6.07, 6.45) is 5.77. The summed E-state index contributed by atoms with van der Waals surface area (Å²) in [6.45, 7) is 6.40. The van der Waals surface area contributed by atoms with Gasteiger partial charge in [0.15, 0.2) is 0 Å². The Hall–Kier alpha value is -1.76. The molecule has 0 spiro atoms. The number of pyridine rings is 1. The minimum Gasteiger partial charge on any atom is -0.506 e. The molecule has 4 heteroatoms. The van der Waals surface area contributed by atoms with Gasteiger partial charge in [-0.15, -0.1) is 0 Å². The molecular weight excluding hydrogens is 240 g/mol. The highest BCUT2D eigenvalue weighted by molar-refractivity contribution is 5.42. The van der Waals surface area contributed by atoms with E-state index in [-0.39, 0.29) is 16.9 Å². The average molecular weight is 262 g/mol. The molecule has 0 aliphatic rings.